The van der Waals surface area contributed by atoms with Gasteiger partial charge in [0.25, 0.3) is 0 Å². The first-order valence-electron chi connectivity index (χ1n) is 25.6. The molecule has 3 heterocycles. The maximum Gasteiger partial charge on any atom is 0.192 e. The molecule has 0 spiro atoms. The highest BCUT2D eigenvalue weighted by atomic mass is 79.9. The summed E-state index contributed by atoms with van der Waals surface area (Å²) in [4.78, 5) is 0. The summed E-state index contributed by atoms with van der Waals surface area (Å²) in [5.41, 5.74) is 2.90. The molecule has 0 bridgehead atoms. The van der Waals surface area contributed by atoms with Crippen LogP contribution in [0.2, 0.25) is 18.1 Å². The van der Waals surface area contributed by atoms with E-state index in [1.165, 1.54) is 0 Å². The lowest BCUT2D eigenvalue weighted by Crippen LogP contribution is -2.63. The summed E-state index contributed by atoms with van der Waals surface area (Å²) >= 11 is 7.08. The zero-order valence-electron chi connectivity index (χ0n) is 42.8. The van der Waals surface area contributed by atoms with Gasteiger partial charge in [-0.15, -0.1) is 0 Å². The van der Waals surface area contributed by atoms with Crippen molar-refractivity contribution in [3.63, 3.8) is 0 Å². The molecule has 0 radical (unpaired) electrons. The van der Waals surface area contributed by atoms with E-state index >= 15 is 0 Å². The predicted molar refractivity (Wildman–Crippen MR) is 288 cm³/mol. The van der Waals surface area contributed by atoms with E-state index in [4.69, 9.17) is 37.6 Å². The molecule has 0 unspecified atom stereocenters. The van der Waals surface area contributed by atoms with Crippen LogP contribution in [-0.2, 0) is 64.0 Å². The van der Waals surface area contributed by atoms with Gasteiger partial charge in [0.15, 0.2) is 8.32 Å². The number of hydrogen-bond donors (Lipinski definition) is 2. The lowest BCUT2D eigenvalue weighted by molar-refractivity contribution is -0.286. The number of fused-ring (bicyclic) bond motifs is 1. The highest BCUT2D eigenvalue weighted by Gasteiger charge is 2.53. The average molecular weight is 1120 g/mol. The number of halogens is 2. The fraction of sp³-hybridized carbons (Fsp3) is 0.552. The molecule has 7 rings (SSSR count). The summed E-state index contributed by atoms with van der Waals surface area (Å²) in [6, 6.07) is 36.6. The van der Waals surface area contributed by atoms with Gasteiger partial charge in [0, 0.05) is 21.8 Å². The molecule has 3 aliphatic rings. The van der Waals surface area contributed by atoms with Crippen molar-refractivity contribution >= 4 is 40.2 Å². The SMILES string of the molecule is C[C@@H]1C[C@H](OCc2ccc(Br)cc2)[C@@H](COCc2ccc(Br)cc2)O[C@H]2C[C@H](O)[C@](C)([C@H](O)C[C@H]3O[C@@H](COCc4ccccc4)[C@H](OCc4ccccc4)C/C=C\C[C@@H]3O[Si](C)(C)C(C)(C)C)O[C@@H]2C1. The third-order valence-corrected chi connectivity index (χ3v) is 20.5. The van der Waals surface area contributed by atoms with Gasteiger partial charge in [0.1, 0.15) is 17.8 Å². The fourth-order valence-electron chi connectivity index (χ4n) is 9.53. The molecule has 0 aliphatic carbocycles. The molecule has 2 fully saturated rings. The molecule has 2 saturated heterocycles. The first-order valence-corrected chi connectivity index (χ1v) is 30.1. The standard InChI is InChI=1S/C58H78Br2O10Si/c1-40-30-49(66-37-44-24-28-46(60)29-25-44)54(39-64-35-43-22-26-45(59)27-23-43)68-51-33-56(62)58(5,69-52(51)31-40)55(61)32-50-48(70-71(6,7)57(2,3)4)21-15-14-20-47(65-36-42-18-12-9-13-19-42)53(67-50)38-63-34-41-16-10-8-11-17-41/h8-19,22-29,40,47-56,61-62H,20-21,30-39H2,1-7H3/b15-14-/t40-,47-,48+,49+,50-,51+,52-,53+,54-,55-,56+,58+/m1/s1. The van der Waals surface area contributed by atoms with E-state index < -0.39 is 62.8 Å². The molecule has 13 heteroatoms. The predicted octanol–water partition coefficient (Wildman–Crippen LogP) is 12.5. The van der Waals surface area contributed by atoms with E-state index in [1.807, 2.05) is 79.7 Å². The number of rotatable bonds is 19. The molecule has 3 aliphatic heterocycles. The zero-order chi connectivity index (χ0) is 50.6. The minimum Gasteiger partial charge on any atom is -0.411 e. The molecule has 2 N–H and O–H groups in total. The van der Waals surface area contributed by atoms with Gasteiger partial charge in [0.05, 0.1) is 88.5 Å². The first kappa shape index (κ1) is 56.1. The summed E-state index contributed by atoms with van der Waals surface area (Å²) in [6.07, 6.45) is 1.66. The van der Waals surface area contributed by atoms with Crippen LogP contribution in [0.4, 0.5) is 0 Å². The Bertz CT molecular complexity index is 2210. The molecule has 71 heavy (non-hydrogen) atoms. The lowest BCUT2D eigenvalue weighted by atomic mass is 9.79. The summed E-state index contributed by atoms with van der Waals surface area (Å²) in [6.45, 7) is 17.5. The van der Waals surface area contributed by atoms with Gasteiger partial charge in [-0.05, 0) is 103 Å². The second-order valence-corrected chi connectivity index (χ2v) is 28.2. The lowest BCUT2D eigenvalue weighted by Gasteiger charge is -2.51. The van der Waals surface area contributed by atoms with Crippen molar-refractivity contribution in [3.8, 4) is 0 Å². The Morgan fingerprint density at radius 3 is 1.69 bits per heavy atom. The van der Waals surface area contributed by atoms with Crippen molar-refractivity contribution < 1.29 is 47.8 Å². The summed E-state index contributed by atoms with van der Waals surface area (Å²) in [7, 11) is -2.37. The van der Waals surface area contributed by atoms with E-state index in [-0.39, 0.29) is 42.6 Å². The monoisotopic (exact) mass is 1120 g/mol. The number of aliphatic hydroxyl groups is 2. The largest absolute Gasteiger partial charge is 0.411 e. The number of aliphatic hydroxyl groups excluding tert-OH is 2. The molecule has 4 aromatic carbocycles. The van der Waals surface area contributed by atoms with Crippen molar-refractivity contribution in [1.82, 2.24) is 0 Å². The Hall–Kier alpha value is -2.60. The topological polar surface area (TPSA) is 114 Å². The highest BCUT2D eigenvalue weighted by Crippen LogP contribution is 2.43. The molecular formula is C58H78Br2O10Si. The second kappa shape index (κ2) is 26.2. The minimum absolute atomic E-state index is 0.0821. The van der Waals surface area contributed by atoms with Crippen LogP contribution in [0.3, 0.4) is 0 Å². The summed E-state index contributed by atoms with van der Waals surface area (Å²) in [5, 5.41) is 25.0. The Balaban J connectivity index is 1.12. The average Bonchev–Trinajstić information content (AvgIpc) is 3.40. The van der Waals surface area contributed by atoms with Crippen LogP contribution in [0.5, 0.6) is 0 Å². The quantitative estimate of drug-likeness (QED) is 0.0695. The highest BCUT2D eigenvalue weighted by molar-refractivity contribution is 9.10. The summed E-state index contributed by atoms with van der Waals surface area (Å²) < 4.78 is 56.9. The maximum absolute atomic E-state index is 12.7. The van der Waals surface area contributed by atoms with Crippen LogP contribution in [0.1, 0.15) is 95.4 Å². The summed E-state index contributed by atoms with van der Waals surface area (Å²) in [5.74, 6) is 0.170. The minimum atomic E-state index is -2.37. The molecule has 388 valence electrons. The Kier molecular flexibility index (Phi) is 20.8. The van der Waals surface area contributed by atoms with Gasteiger partial charge < -0.3 is 47.8 Å². The van der Waals surface area contributed by atoms with Crippen molar-refractivity contribution in [1.29, 1.82) is 0 Å². The molecule has 10 nitrogen and oxygen atoms in total. The van der Waals surface area contributed by atoms with Crippen LogP contribution in [0, 0.1) is 5.92 Å². The van der Waals surface area contributed by atoms with Crippen LogP contribution in [0.25, 0.3) is 0 Å². The van der Waals surface area contributed by atoms with E-state index in [1.54, 1.807) is 0 Å². The van der Waals surface area contributed by atoms with Crippen molar-refractivity contribution in [2.75, 3.05) is 13.2 Å². The van der Waals surface area contributed by atoms with Crippen LogP contribution in [-0.4, -0.2) is 98.4 Å². The Labute approximate surface area is 441 Å². The maximum atomic E-state index is 12.7. The van der Waals surface area contributed by atoms with Crippen molar-refractivity contribution in [2.24, 2.45) is 5.92 Å². The van der Waals surface area contributed by atoms with Crippen molar-refractivity contribution in [3.05, 3.63) is 153 Å². The van der Waals surface area contributed by atoms with Gasteiger partial charge in [-0.1, -0.05) is 157 Å². The third kappa shape index (κ3) is 16.2. The van der Waals surface area contributed by atoms with E-state index in [0.29, 0.717) is 58.7 Å². The number of benzene rings is 4. The first-order chi connectivity index (χ1) is 34.0. The molecule has 0 amide bonds. The van der Waals surface area contributed by atoms with Gasteiger partial charge in [-0.2, -0.15) is 0 Å². The Morgan fingerprint density at radius 1 is 0.634 bits per heavy atom. The van der Waals surface area contributed by atoms with Crippen LogP contribution in [0.15, 0.2) is 130 Å². The third-order valence-electron chi connectivity index (χ3n) is 15.0. The molecular weight excluding hydrogens is 1040 g/mol. The Morgan fingerprint density at radius 2 is 1.13 bits per heavy atom. The smallest absolute Gasteiger partial charge is 0.192 e. The normalized spacial score (nSPS) is 29.7. The van der Waals surface area contributed by atoms with Gasteiger partial charge >= 0.3 is 0 Å². The molecule has 0 saturated carbocycles. The van der Waals surface area contributed by atoms with Crippen LogP contribution >= 0.6 is 31.9 Å². The van der Waals surface area contributed by atoms with E-state index in [9.17, 15) is 10.2 Å². The van der Waals surface area contributed by atoms with Gasteiger partial charge in [-0.3, -0.25) is 0 Å². The molecule has 12 atom stereocenters. The van der Waals surface area contributed by atoms with E-state index in [2.05, 4.69) is 121 Å². The van der Waals surface area contributed by atoms with E-state index in [0.717, 1.165) is 31.2 Å². The fourth-order valence-corrected chi connectivity index (χ4v) is 11.4. The van der Waals surface area contributed by atoms with Crippen molar-refractivity contribution in [2.45, 2.75) is 184 Å². The van der Waals surface area contributed by atoms with Gasteiger partial charge in [-0.25, -0.2) is 0 Å². The molecule has 0 aromatic heterocycles. The molecule has 4 aromatic rings. The van der Waals surface area contributed by atoms with Crippen LogP contribution < -0.4 is 0 Å². The zero-order valence-corrected chi connectivity index (χ0v) is 47.0. The second-order valence-electron chi connectivity index (χ2n) is 21.7. The number of ether oxygens (including phenoxy) is 7. The van der Waals surface area contributed by atoms with Gasteiger partial charge in [0.2, 0.25) is 0 Å². The number of hydrogen-bond acceptors (Lipinski definition) is 10.